The fourth-order valence-electron chi connectivity index (χ4n) is 2.58. The van der Waals surface area contributed by atoms with Gasteiger partial charge in [0.1, 0.15) is 5.75 Å². The minimum atomic E-state index is -0.0805. The highest BCUT2D eigenvalue weighted by Gasteiger charge is 2.30. The average molecular weight is 262 g/mol. The van der Waals surface area contributed by atoms with Gasteiger partial charge in [-0.1, -0.05) is 25.1 Å². The van der Waals surface area contributed by atoms with Crippen LogP contribution >= 0.6 is 0 Å². The van der Waals surface area contributed by atoms with E-state index in [-0.39, 0.29) is 11.8 Å². The zero-order valence-electron chi connectivity index (χ0n) is 11.5. The van der Waals surface area contributed by atoms with Crippen LogP contribution in [0, 0.1) is 0 Å². The number of nitrogens with zero attached hydrogens (tertiary/aromatic N) is 1. The Labute approximate surface area is 114 Å². The van der Waals surface area contributed by atoms with Crippen LogP contribution in [-0.4, -0.2) is 37.0 Å². The number of nitrogens with two attached hydrogens (primary N) is 1. The molecule has 4 heteroatoms. The molecule has 1 aromatic carbocycles. The Balaban J connectivity index is 2.19. The minimum Gasteiger partial charge on any atom is -0.493 e. The lowest BCUT2D eigenvalue weighted by Gasteiger charge is -2.30. The fourth-order valence-corrected chi connectivity index (χ4v) is 2.58. The smallest absolute Gasteiger partial charge is 0.230 e. The molecule has 19 heavy (non-hydrogen) atoms. The third-order valence-electron chi connectivity index (χ3n) is 3.46. The number of carbonyl (C=O) groups is 1. The van der Waals surface area contributed by atoms with E-state index in [1.165, 1.54) is 0 Å². The summed E-state index contributed by atoms with van der Waals surface area (Å²) in [4.78, 5) is 14.5. The van der Waals surface area contributed by atoms with Crippen LogP contribution in [0.3, 0.4) is 0 Å². The third-order valence-corrected chi connectivity index (χ3v) is 3.46. The Kier molecular flexibility index (Phi) is 4.80. The van der Waals surface area contributed by atoms with Gasteiger partial charge >= 0.3 is 0 Å². The molecule has 0 saturated heterocycles. The molecule has 104 valence electrons. The van der Waals surface area contributed by atoms with Crippen LogP contribution in [0.15, 0.2) is 24.3 Å². The quantitative estimate of drug-likeness (QED) is 0.879. The van der Waals surface area contributed by atoms with Crippen molar-refractivity contribution in [1.29, 1.82) is 0 Å². The Morgan fingerprint density at radius 1 is 1.42 bits per heavy atom. The van der Waals surface area contributed by atoms with E-state index in [1.807, 2.05) is 29.2 Å². The van der Waals surface area contributed by atoms with Crippen LogP contribution < -0.4 is 10.5 Å². The normalized spacial score (nSPS) is 17.5. The summed E-state index contributed by atoms with van der Waals surface area (Å²) in [5, 5.41) is 0. The first kappa shape index (κ1) is 13.9. The number of ether oxygens (including phenoxy) is 1. The fraction of sp³-hybridized carbons (Fsp3) is 0.533. The summed E-state index contributed by atoms with van der Waals surface area (Å²) in [5.41, 5.74) is 6.61. The molecule has 1 amide bonds. The Bertz CT molecular complexity index is 428. The highest BCUT2D eigenvalue weighted by molar-refractivity contribution is 5.84. The van der Waals surface area contributed by atoms with Gasteiger partial charge in [0.15, 0.2) is 0 Å². The van der Waals surface area contributed by atoms with Gasteiger partial charge in [-0.05, 0) is 18.9 Å². The summed E-state index contributed by atoms with van der Waals surface area (Å²) in [6, 6.07) is 7.82. The number of fused-ring (bicyclic) bond motifs is 1. The number of benzene rings is 1. The molecule has 0 spiro atoms. The molecule has 0 radical (unpaired) electrons. The number of hydrogen-bond donors (Lipinski definition) is 1. The van der Waals surface area contributed by atoms with Gasteiger partial charge in [-0.15, -0.1) is 0 Å². The van der Waals surface area contributed by atoms with Crippen molar-refractivity contribution in [3.05, 3.63) is 29.8 Å². The molecule has 0 fully saturated rings. The second-order valence-electron chi connectivity index (χ2n) is 4.84. The van der Waals surface area contributed by atoms with Crippen molar-refractivity contribution in [3.63, 3.8) is 0 Å². The highest BCUT2D eigenvalue weighted by atomic mass is 16.5. The van der Waals surface area contributed by atoms with Crippen molar-refractivity contribution >= 4 is 5.91 Å². The van der Waals surface area contributed by atoms with Crippen LogP contribution in [-0.2, 0) is 4.79 Å². The number of carbonyl (C=O) groups excluding carboxylic acids is 1. The second kappa shape index (κ2) is 6.57. The number of para-hydroxylation sites is 1. The Hall–Kier alpha value is -1.55. The second-order valence-corrected chi connectivity index (χ2v) is 4.84. The first-order valence-corrected chi connectivity index (χ1v) is 6.98. The monoisotopic (exact) mass is 262 g/mol. The van der Waals surface area contributed by atoms with E-state index in [0.717, 1.165) is 30.7 Å². The van der Waals surface area contributed by atoms with E-state index < -0.39 is 0 Å². The van der Waals surface area contributed by atoms with Crippen molar-refractivity contribution in [2.75, 3.05) is 26.2 Å². The van der Waals surface area contributed by atoms with Crippen molar-refractivity contribution in [1.82, 2.24) is 4.90 Å². The lowest BCUT2D eigenvalue weighted by Crippen LogP contribution is -2.40. The maximum atomic E-state index is 12.7. The molecule has 0 bridgehead atoms. The van der Waals surface area contributed by atoms with Crippen molar-refractivity contribution < 1.29 is 9.53 Å². The topological polar surface area (TPSA) is 55.6 Å². The maximum Gasteiger partial charge on any atom is 0.230 e. The molecule has 1 unspecified atom stereocenters. The molecule has 2 rings (SSSR count). The zero-order valence-corrected chi connectivity index (χ0v) is 11.5. The zero-order chi connectivity index (χ0) is 13.7. The van der Waals surface area contributed by atoms with E-state index in [0.29, 0.717) is 19.7 Å². The summed E-state index contributed by atoms with van der Waals surface area (Å²) < 4.78 is 5.61. The first-order chi connectivity index (χ1) is 9.27. The minimum absolute atomic E-state index is 0.0805. The van der Waals surface area contributed by atoms with Gasteiger partial charge < -0.3 is 15.4 Å². The van der Waals surface area contributed by atoms with E-state index >= 15 is 0 Å². The summed E-state index contributed by atoms with van der Waals surface area (Å²) in [6.07, 6.45) is 1.71. The molecule has 4 nitrogen and oxygen atoms in total. The highest BCUT2D eigenvalue weighted by Crippen LogP contribution is 2.34. The van der Waals surface area contributed by atoms with Crippen LogP contribution in [0.4, 0.5) is 0 Å². The SMILES string of the molecule is CCCN(CCN)C(=O)C1CCOc2ccccc21. The molecule has 2 N–H and O–H groups in total. The molecule has 0 aliphatic carbocycles. The van der Waals surface area contributed by atoms with Crippen molar-refractivity contribution in [2.45, 2.75) is 25.7 Å². The number of rotatable bonds is 5. The van der Waals surface area contributed by atoms with Gasteiger partial charge in [-0.25, -0.2) is 0 Å². The van der Waals surface area contributed by atoms with E-state index in [4.69, 9.17) is 10.5 Å². The summed E-state index contributed by atoms with van der Waals surface area (Å²) in [5.74, 6) is 0.947. The summed E-state index contributed by atoms with van der Waals surface area (Å²) in [7, 11) is 0. The van der Waals surface area contributed by atoms with Crippen molar-refractivity contribution in [3.8, 4) is 5.75 Å². The third kappa shape index (κ3) is 3.07. The molecular weight excluding hydrogens is 240 g/mol. The van der Waals surface area contributed by atoms with E-state index in [2.05, 4.69) is 6.92 Å². The van der Waals surface area contributed by atoms with Gasteiger partial charge in [-0.3, -0.25) is 4.79 Å². The molecule has 1 atom stereocenters. The van der Waals surface area contributed by atoms with Crippen LogP contribution in [0.1, 0.15) is 31.2 Å². The van der Waals surface area contributed by atoms with Gasteiger partial charge in [0, 0.05) is 25.2 Å². The number of hydrogen-bond acceptors (Lipinski definition) is 3. The Morgan fingerprint density at radius 3 is 2.95 bits per heavy atom. The van der Waals surface area contributed by atoms with Crippen LogP contribution in [0.25, 0.3) is 0 Å². The standard InChI is InChI=1S/C15H22N2O2/c1-2-9-17(10-8-16)15(18)13-7-11-19-14-6-4-3-5-12(13)14/h3-6,13H,2,7-11,16H2,1H3. The Morgan fingerprint density at radius 2 is 2.21 bits per heavy atom. The van der Waals surface area contributed by atoms with Gasteiger partial charge in [0.25, 0.3) is 0 Å². The largest absolute Gasteiger partial charge is 0.493 e. The van der Waals surface area contributed by atoms with Gasteiger partial charge in [0.2, 0.25) is 5.91 Å². The van der Waals surface area contributed by atoms with Crippen LogP contribution in [0.5, 0.6) is 5.75 Å². The lowest BCUT2D eigenvalue weighted by atomic mass is 9.91. The molecule has 0 aromatic heterocycles. The summed E-state index contributed by atoms with van der Waals surface area (Å²) >= 11 is 0. The molecular formula is C15H22N2O2. The molecule has 1 aromatic rings. The average Bonchev–Trinajstić information content (AvgIpc) is 2.46. The summed E-state index contributed by atoms with van der Waals surface area (Å²) in [6.45, 7) is 4.60. The van der Waals surface area contributed by atoms with Gasteiger partial charge in [-0.2, -0.15) is 0 Å². The molecule has 1 heterocycles. The predicted octanol–water partition coefficient (Wildman–Crippen LogP) is 1.75. The number of amides is 1. The molecule has 1 aliphatic rings. The maximum absolute atomic E-state index is 12.7. The van der Waals surface area contributed by atoms with Crippen LogP contribution in [0.2, 0.25) is 0 Å². The molecule has 1 aliphatic heterocycles. The lowest BCUT2D eigenvalue weighted by molar-refractivity contribution is -0.133. The van der Waals surface area contributed by atoms with Crippen molar-refractivity contribution in [2.24, 2.45) is 5.73 Å². The molecule has 0 saturated carbocycles. The predicted molar refractivity (Wildman–Crippen MR) is 75.2 cm³/mol. The first-order valence-electron chi connectivity index (χ1n) is 6.98. The van der Waals surface area contributed by atoms with Gasteiger partial charge in [0.05, 0.1) is 12.5 Å². The van der Waals surface area contributed by atoms with E-state index in [9.17, 15) is 4.79 Å². The van der Waals surface area contributed by atoms with E-state index in [1.54, 1.807) is 0 Å².